The number of carbonyl (C=O) groups is 1. The second-order valence-electron chi connectivity index (χ2n) is 8.15. The summed E-state index contributed by atoms with van der Waals surface area (Å²) < 4.78 is 0. The largest absolute Gasteiger partial charge is 0.505 e. The number of carbonyl (C=O) groups excluding carboxylic acids is 1. The van der Waals surface area contributed by atoms with E-state index in [1.165, 1.54) is 0 Å². The van der Waals surface area contributed by atoms with Gasteiger partial charge in [-0.2, -0.15) is 5.11 Å². The summed E-state index contributed by atoms with van der Waals surface area (Å²) in [5.74, 6) is -0.888. The Bertz CT molecular complexity index is 1960. The summed E-state index contributed by atoms with van der Waals surface area (Å²) in [6.07, 6.45) is 0. The smallest absolute Gasteiger partial charge is 0.323 e. The van der Waals surface area contributed by atoms with Crippen LogP contribution in [0.15, 0.2) is 86.5 Å². The van der Waals surface area contributed by atoms with E-state index in [9.17, 15) is 19.5 Å². The fourth-order valence-electron chi connectivity index (χ4n) is 4.09. The molecular formula is C25H17N7O4. The third-order valence-corrected chi connectivity index (χ3v) is 5.78. The zero-order chi connectivity index (χ0) is 24.8. The van der Waals surface area contributed by atoms with E-state index in [0.29, 0.717) is 44.2 Å². The lowest BCUT2D eigenvalue weighted by atomic mass is 10.0. The van der Waals surface area contributed by atoms with Crippen LogP contribution in [0.2, 0.25) is 0 Å². The van der Waals surface area contributed by atoms with Crippen molar-refractivity contribution in [3.8, 4) is 5.75 Å². The van der Waals surface area contributed by atoms with Gasteiger partial charge in [0.05, 0.1) is 33.3 Å². The molecule has 0 bridgehead atoms. The lowest BCUT2D eigenvalue weighted by Crippen LogP contribution is -2.12. The number of nitrogens with zero attached hydrogens (tertiary/aromatic N) is 2. The van der Waals surface area contributed by atoms with Crippen LogP contribution in [0.4, 0.5) is 17.1 Å². The first-order valence-electron chi connectivity index (χ1n) is 10.9. The number of aromatic amines is 4. The van der Waals surface area contributed by atoms with E-state index >= 15 is 0 Å². The lowest BCUT2D eigenvalue weighted by molar-refractivity contribution is 0.102. The van der Waals surface area contributed by atoms with E-state index < -0.39 is 5.91 Å². The maximum Gasteiger partial charge on any atom is 0.323 e. The Morgan fingerprint density at radius 1 is 0.750 bits per heavy atom. The third kappa shape index (κ3) is 3.70. The summed E-state index contributed by atoms with van der Waals surface area (Å²) in [7, 11) is 0. The first-order chi connectivity index (χ1) is 17.4. The summed E-state index contributed by atoms with van der Waals surface area (Å²) in [6.45, 7) is 0. The van der Waals surface area contributed by atoms with Gasteiger partial charge in [0.2, 0.25) is 0 Å². The highest BCUT2D eigenvalue weighted by molar-refractivity contribution is 6.12. The predicted molar refractivity (Wildman–Crippen MR) is 136 cm³/mol. The van der Waals surface area contributed by atoms with Gasteiger partial charge in [-0.05, 0) is 47.9 Å². The Morgan fingerprint density at radius 3 is 2.19 bits per heavy atom. The second-order valence-corrected chi connectivity index (χ2v) is 8.15. The number of phenols is 1. The number of benzene rings is 4. The number of aromatic nitrogens is 4. The molecule has 4 aromatic carbocycles. The van der Waals surface area contributed by atoms with Crippen LogP contribution in [0, 0.1) is 0 Å². The number of aromatic hydroxyl groups is 1. The molecule has 6 rings (SSSR count). The quantitative estimate of drug-likeness (QED) is 0.204. The van der Waals surface area contributed by atoms with Crippen LogP contribution in [0.3, 0.4) is 0 Å². The fourth-order valence-corrected chi connectivity index (χ4v) is 4.09. The monoisotopic (exact) mass is 479 g/mol. The van der Waals surface area contributed by atoms with Crippen molar-refractivity contribution in [2.75, 3.05) is 5.32 Å². The third-order valence-electron chi connectivity index (χ3n) is 5.78. The first kappa shape index (κ1) is 21.1. The van der Waals surface area contributed by atoms with Crippen LogP contribution in [-0.4, -0.2) is 30.9 Å². The highest BCUT2D eigenvalue weighted by atomic mass is 16.3. The standard InChI is InChI=1S/C25H17N7O4/c33-22-16(23(34)26-13-5-7-17-19(10-13)29-24(35)27-17)9-12-3-1-2-4-15(12)21(22)32-31-14-6-8-18-20(11-14)30-25(36)28-18/h1-11,33H,(H,26,34)(H2,27,29,35)(H2,28,30,36). The van der Waals surface area contributed by atoms with Gasteiger partial charge >= 0.3 is 11.4 Å². The molecule has 11 heteroatoms. The van der Waals surface area contributed by atoms with Crippen molar-refractivity contribution in [1.82, 2.24) is 19.9 Å². The van der Waals surface area contributed by atoms with Crippen molar-refractivity contribution < 1.29 is 9.90 Å². The lowest BCUT2D eigenvalue weighted by Gasteiger charge is -2.11. The van der Waals surface area contributed by atoms with Crippen molar-refractivity contribution in [3.05, 3.63) is 93.3 Å². The Kier molecular flexibility index (Phi) is 4.75. The number of hydrogen-bond acceptors (Lipinski definition) is 6. The maximum absolute atomic E-state index is 13.1. The van der Waals surface area contributed by atoms with E-state index in [1.54, 1.807) is 60.7 Å². The Balaban J connectivity index is 1.39. The highest BCUT2D eigenvalue weighted by Crippen LogP contribution is 2.39. The molecule has 0 aliphatic rings. The van der Waals surface area contributed by atoms with Crippen molar-refractivity contribution in [1.29, 1.82) is 0 Å². The molecule has 0 atom stereocenters. The molecule has 2 aromatic heterocycles. The van der Waals surface area contributed by atoms with Gasteiger partial charge in [0, 0.05) is 11.1 Å². The van der Waals surface area contributed by atoms with Crippen LogP contribution in [0.5, 0.6) is 5.75 Å². The van der Waals surface area contributed by atoms with Gasteiger partial charge in [-0.3, -0.25) is 4.79 Å². The summed E-state index contributed by atoms with van der Waals surface area (Å²) in [4.78, 5) is 46.8. The molecule has 36 heavy (non-hydrogen) atoms. The number of nitrogens with one attached hydrogen (secondary N) is 5. The molecule has 11 nitrogen and oxygen atoms in total. The average Bonchev–Trinajstić information content (AvgIpc) is 3.42. The van der Waals surface area contributed by atoms with E-state index in [-0.39, 0.29) is 28.4 Å². The number of fused-ring (bicyclic) bond motifs is 3. The molecular weight excluding hydrogens is 462 g/mol. The zero-order valence-corrected chi connectivity index (χ0v) is 18.4. The number of azo groups is 1. The van der Waals surface area contributed by atoms with Crippen molar-refractivity contribution in [2.45, 2.75) is 0 Å². The minimum absolute atomic E-state index is 0.00993. The molecule has 0 aliphatic heterocycles. The summed E-state index contributed by atoms with van der Waals surface area (Å²) in [5, 5.41) is 23.6. The fraction of sp³-hybridized carbons (Fsp3) is 0. The van der Waals surface area contributed by atoms with Gasteiger partial charge in [0.25, 0.3) is 5.91 Å². The Labute approximate surface area is 200 Å². The number of phenolic OH excluding ortho intramolecular Hbond substituents is 1. The van der Waals surface area contributed by atoms with Gasteiger partial charge < -0.3 is 30.4 Å². The van der Waals surface area contributed by atoms with Crippen molar-refractivity contribution in [2.24, 2.45) is 10.2 Å². The molecule has 6 N–H and O–H groups in total. The SMILES string of the molecule is O=C(Nc1ccc2[nH]c(=O)[nH]c2c1)c1cc2ccccc2c(N=Nc2ccc3[nH]c(=O)[nH]c3c2)c1O. The zero-order valence-electron chi connectivity index (χ0n) is 18.4. The molecule has 176 valence electrons. The van der Waals surface area contributed by atoms with Gasteiger partial charge in [0.1, 0.15) is 5.69 Å². The number of H-pyrrole nitrogens is 4. The summed E-state index contributed by atoms with van der Waals surface area (Å²) in [5.41, 5.74) is 2.69. The summed E-state index contributed by atoms with van der Waals surface area (Å²) in [6, 6.07) is 18.7. The predicted octanol–water partition coefficient (Wildman–Crippen LogP) is 4.55. The molecule has 6 aromatic rings. The van der Waals surface area contributed by atoms with E-state index in [1.807, 2.05) is 6.07 Å². The van der Waals surface area contributed by atoms with Gasteiger partial charge in [0.15, 0.2) is 5.75 Å². The normalized spacial score (nSPS) is 11.7. The van der Waals surface area contributed by atoms with E-state index in [2.05, 4.69) is 35.5 Å². The Hall–Kier alpha value is -5.45. The topological polar surface area (TPSA) is 171 Å². The molecule has 0 spiro atoms. The van der Waals surface area contributed by atoms with Crippen LogP contribution in [-0.2, 0) is 0 Å². The van der Waals surface area contributed by atoms with Gasteiger partial charge in [-0.25, -0.2) is 9.59 Å². The molecule has 1 amide bonds. The molecule has 0 aliphatic carbocycles. The number of hydrogen-bond donors (Lipinski definition) is 6. The maximum atomic E-state index is 13.1. The molecule has 2 heterocycles. The van der Waals surface area contributed by atoms with Gasteiger partial charge in [-0.1, -0.05) is 24.3 Å². The second kappa shape index (κ2) is 8.09. The Morgan fingerprint density at radius 2 is 1.42 bits per heavy atom. The van der Waals surface area contributed by atoms with E-state index in [0.717, 1.165) is 0 Å². The van der Waals surface area contributed by atoms with Crippen molar-refractivity contribution >= 4 is 55.8 Å². The van der Waals surface area contributed by atoms with Crippen LogP contribution >= 0.6 is 0 Å². The number of amides is 1. The van der Waals surface area contributed by atoms with E-state index in [4.69, 9.17) is 0 Å². The number of anilines is 1. The average molecular weight is 479 g/mol. The van der Waals surface area contributed by atoms with Gasteiger partial charge in [-0.15, -0.1) is 5.11 Å². The molecule has 0 saturated heterocycles. The molecule has 0 saturated carbocycles. The van der Waals surface area contributed by atoms with Crippen LogP contribution in [0.1, 0.15) is 10.4 Å². The molecule has 0 radical (unpaired) electrons. The molecule has 0 unspecified atom stereocenters. The number of rotatable bonds is 4. The summed E-state index contributed by atoms with van der Waals surface area (Å²) >= 11 is 0. The van der Waals surface area contributed by atoms with Crippen LogP contribution < -0.4 is 16.7 Å². The molecule has 0 fully saturated rings. The highest BCUT2D eigenvalue weighted by Gasteiger charge is 2.19. The number of imidazole rings is 2. The minimum Gasteiger partial charge on any atom is -0.505 e. The van der Waals surface area contributed by atoms with Crippen molar-refractivity contribution in [3.63, 3.8) is 0 Å². The van der Waals surface area contributed by atoms with Crippen LogP contribution in [0.25, 0.3) is 32.8 Å². The first-order valence-corrected chi connectivity index (χ1v) is 10.9. The minimum atomic E-state index is -0.557.